The standard InChI is InChI=1S/C25H30N4O4/c1-19-7-8-21(17-22(19)26-24(31)20-5-3-2-4-6-20)25(32)29-11-9-28(10-12-29)23(30)18-27-13-15-33-16-14-27/h2-8,17H,9-16,18H2,1H3,(H,26,31). The number of nitrogens with zero attached hydrogens (tertiary/aromatic N) is 3. The minimum absolute atomic E-state index is 0.0921. The number of carbonyl (C=O) groups excluding carboxylic acids is 3. The molecule has 8 heteroatoms. The van der Waals surface area contributed by atoms with Gasteiger partial charge in [0.25, 0.3) is 11.8 Å². The van der Waals surface area contributed by atoms with Gasteiger partial charge >= 0.3 is 0 Å². The fourth-order valence-corrected chi connectivity index (χ4v) is 4.07. The van der Waals surface area contributed by atoms with Crippen molar-refractivity contribution in [1.82, 2.24) is 14.7 Å². The van der Waals surface area contributed by atoms with Crippen LogP contribution in [-0.2, 0) is 9.53 Å². The Morgan fingerprint density at radius 2 is 1.52 bits per heavy atom. The summed E-state index contributed by atoms with van der Waals surface area (Å²) in [5.74, 6) is -0.202. The van der Waals surface area contributed by atoms with Crippen molar-refractivity contribution in [2.24, 2.45) is 0 Å². The molecule has 0 aliphatic carbocycles. The van der Waals surface area contributed by atoms with Gasteiger partial charge < -0.3 is 19.9 Å². The van der Waals surface area contributed by atoms with E-state index < -0.39 is 0 Å². The Bertz CT molecular complexity index is 997. The van der Waals surface area contributed by atoms with Gasteiger partial charge in [-0.3, -0.25) is 19.3 Å². The number of anilines is 1. The van der Waals surface area contributed by atoms with Gasteiger partial charge in [0.1, 0.15) is 0 Å². The number of morpholine rings is 1. The molecule has 0 radical (unpaired) electrons. The van der Waals surface area contributed by atoms with E-state index in [1.165, 1.54) is 0 Å². The molecular formula is C25H30N4O4. The van der Waals surface area contributed by atoms with Gasteiger partial charge in [-0.25, -0.2) is 0 Å². The quantitative estimate of drug-likeness (QED) is 0.752. The van der Waals surface area contributed by atoms with E-state index in [0.717, 1.165) is 18.7 Å². The number of ether oxygens (including phenoxy) is 1. The number of piperazine rings is 1. The van der Waals surface area contributed by atoms with Crippen molar-refractivity contribution in [2.45, 2.75) is 6.92 Å². The summed E-state index contributed by atoms with van der Waals surface area (Å²) in [4.78, 5) is 44.0. The summed E-state index contributed by atoms with van der Waals surface area (Å²) in [6.45, 7) is 7.23. The molecule has 1 N–H and O–H groups in total. The van der Waals surface area contributed by atoms with Gasteiger partial charge in [0, 0.05) is 56.1 Å². The number of benzene rings is 2. The molecule has 0 aromatic heterocycles. The zero-order valence-corrected chi connectivity index (χ0v) is 19.0. The highest BCUT2D eigenvalue weighted by atomic mass is 16.5. The van der Waals surface area contributed by atoms with Crippen LogP contribution in [0.4, 0.5) is 5.69 Å². The molecule has 2 heterocycles. The van der Waals surface area contributed by atoms with E-state index in [0.29, 0.717) is 62.8 Å². The fraction of sp³-hybridized carbons (Fsp3) is 0.400. The molecule has 2 aromatic rings. The van der Waals surface area contributed by atoms with Crippen LogP contribution in [-0.4, -0.2) is 91.4 Å². The highest BCUT2D eigenvalue weighted by molar-refractivity contribution is 6.05. The number of carbonyl (C=O) groups is 3. The summed E-state index contributed by atoms with van der Waals surface area (Å²) in [7, 11) is 0. The third-order valence-electron chi connectivity index (χ3n) is 6.15. The second-order valence-electron chi connectivity index (χ2n) is 8.41. The van der Waals surface area contributed by atoms with Gasteiger partial charge in [0.2, 0.25) is 5.91 Å². The van der Waals surface area contributed by atoms with E-state index in [-0.39, 0.29) is 17.7 Å². The first-order valence-corrected chi connectivity index (χ1v) is 11.4. The van der Waals surface area contributed by atoms with Crippen LogP contribution in [0.15, 0.2) is 48.5 Å². The van der Waals surface area contributed by atoms with Gasteiger partial charge in [-0.1, -0.05) is 24.3 Å². The molecule has 0 atom stereocenters. The molecule has 2 aliphatic rings. The van der Waals surface area contributed by atoms with Crippen LogP contribution in [0.1, 0.15) is 26.3 Å². The van der Waals surface area contributed by atoms with Crippen molar-refractivity contribution in [3.05, 3.63) is 65.2 Å². The van der Waals surface area contributed by atoms with Gasteiger partial charge in [-0.15, -0.1) is 0 Å². The highest BCUT2D eigenvalue weighted by Crippen LogP contribution is 2.20. The van der Waals surface area contributed by atoms with Gasteiger partial charge in [0.15, 0.2) is 0 Å². The van der Waals surface area contributed by atoms with Gasteiger partial charge in [0.05, 0.1) is 19.8 Å². The summed E-state index contributed by atoms with van der Waals surface area (Å²) in [5, 5.41) is 2.91. The van der Waals surface area contributed by atoms with E-state index in [9.17, 15) is 14.4 Å². The molecule has 2 fully saturated rings. The summed E-state index contributed by atoms with van der Waals surface area (Å²) in [6.07, 6.45) is 0. The average Bonchev–Trinajstić information content (AvgIpc) is 2.86. The Morgan fingerprint density at radius 3 is 2.21 bits per heavy atom. The smallest absolute Gasteiger partial charge is 0.255 e. The number of nitrogens with one attached hydrogen (secondary N) is 1. The lowest BCUT2D eigenvalue weighted by Gasteiger charge is -2.36. The number of amides is 3. The summed E-state index contributed by atoms with van der Waals surface area (Å²) in [6, 6.07) is 14.3. The van der Waals surface area contributed by atoms with Crippen LogP contribution in [0.3, 0.4) is 0 Å². The highest BCUT2D eigenvalue weighted by Gasteiger charge is 2.26. The van der Waals surface area contributed by atoms with Crippen molar-refractivity contribution in [3.63, 3.8) is 0 Å². The van der Waals surface area contributed by atoms with Crippen molar-refractivity contribution in [3.8, 4) is 0 Å². The van der Waals surface area contributed by atoms with Crippen LogP contribution in [0, 0.1) is 6.92 Å². The van der Waals surface area contributed by atoms with Crippen LogP contribution < -0.4 is 5.32 Å². The Balaban J connectivity index is 1.34. The first-order valence-electron chi connectivity index (χ1n) is 11.4. The second-order valence-corrected chi connectivity index (χ2v) is 8.41. The van der Waals surface area contributed by atoms with Gasteiger partial charge in [-0.2, -0.15) is 0 Å². The zero-order valence-electron chi connectivity index (χ0n) is 19.0. The lowest BCUT2D eigenvalue weighted by atomic mass is 10.1. The molecule has 8 nitrogen and oxygen atoms in total. The molecule has 174 valence electrons. The van der Waals surface area contributed by atoms with Crippen molar-refractivity contribution in [2.75, 3.05) is 64.3 Å². The predicted molar refractivity (Wildman–Crippen MR) is 125 cm³/mol. The topological polar surface area (TPSA) is 82.2 Å². The Kier molecular flexibility index (Phi) is 7.36. The Morgan fingerprint density at radius 1 is 0.848 bits per heavy atom. The second kappa shape index (κ2) is 10.6. The number of aryl methyl sites for hydroxylation is 1. The number of hydrogen-bond donors (Lipinski definition) is 1. The van der Waals surface area contributed by atoms with Crippen LogP contribution in [0.5, 0.6) is 0 Å². The normalized spacial score (nSPS) is 17.0. The predicted octanol–water partition coefficient (Wildman–Crippen LogP) is 1.86. The van der Waals surface area contributed by atoms with Crippen LogP contribution in [0.25, 0.3) is 0 Å². The van der Waals surface area contributed by atoms with Crippen molar-refractivity contribution >= 4 is 23.4 Å². The Hall–Kier alpha value is -3.23. The molecule has 33 heavy (non-hydrogen) atoms. The minimum atomic E-state index is -0.212. The molecule has 2 aliphatic heterocycles. The summed E-state index contributed by atoms with van der Waals surface area (Å²) < 4.78 is 5.33. The molecule has 2 saturated heterocycles. The third-order valence-corrected chi connectivity index (χ3v) is 6.15. The maximum atomic E-state index is 13.1. The van der Waals surface area contributed by atoms with Crippen LogP contribution in [0.2, 0.25) is 0 Å². The summed E-state index contributed by atoms with van der Waals surface area (Å²) >= 11 is 0. The lowest BCUT2D eigenvalue weighted by Crippen LogP contribution is -2.53. The lowest BCUT2D eigenvalue weighted by molar-refractivity contribution is -0.134. The number of hydrogen-bond acceptors (Lipinski definition) is 5. The SMILES string of the molecule is Cc1ccc(C(=O)N2CCN(C(=O)CN3CCOCC3)CC2)cc1NC(=O)c1ccccc1. The summed E-state index contributed by atoms with van der Waals surface area (Å²) in [5.41, 5.74) is 2.59. The van der Waals surface area contributed by atoms with E-state index in [2.05, 4.69) is 10.2 Å². The largest absolute Gasteiger partial charge is 0.379 e. The van der Waals surface area contributed by atoms with E-state index >= 15 is 0 Å². The third kappa shape index (κ3) is 5.77. The van der Waals surface area contributed by atoms with E-state index in [4.69, 9.17) is 4.74 Å². The number of rotatable bonds is 5. The van der Waals surface area contributed by atoms with E-state index in [1.807, 2.05) is 36.1 Å². The van der Waals surface area contributed by atoms with Crippen molar-refractivity contribution in [1.29, 1.82) is 0 Å². The molecule has 0 saturated carbocycles. The first-order chi connectivity index (χ1) is 16.0. The molecular weight excluding hydrogens is 420 g/mol. The molecule has 0 spiro atoms. The fourth-order valence-electron chi connectivity index (χ4n) is 4.07. The van der Waals surface area contributed by atoms with Crippen LogP contribution >= 0.6 is 0 Å². The molecule has 0 unspecified atom stereocenters. The minimum Gasteiger partial charge on any atom is -0.379 e. The monoisotopic (exact) mass is 450 g/mol. The van der Waals surface area contributed by atoms with Crippen molar-refractivity contribution < 1.29 is 19.1 Å². The average molecular weight is 451 g/mol. The molecule has 4 rings (SSSR count). The first kappa shape index (κ1) is 22.9. The molecule has 2 aromatic carbocycles. The van der Waals surface area contributed by atoms with Gasteiger partial charge in [-0.05, 0) is 36.8 Å². The molecule has 3 amide bonds. The maximum absolute atomic E-state index is 13.1. The Labute approximate surface area is 194 Å². The van der Waals surface area contributed by atoms with E-state index in [1.54, 1.807) is 29.2 Å². The zero-order chi connectivity index (χ0) is 23.2. The maximum Gasteiger partial charge on any atom is 0.255 e. The molecule has 0 bridgehead atoms.